The highest BCUT2D eigenvalue weighted by molar-refractivity contribution is 5.80. The molecule has 0 unspecified atom stereocenters. The first-order valence-corrected chi connectivity index (χ1v) is 13.3. The summed E-state index contributed by atoms with van der Waals surface area (Å²) >= 11 is 0. The molecule has 1 aromatic carbocycles. The first kappa shape index (κ1) is 23.2. The van der Waals surface area contributed by atoms with E-state index < -0.39 is 0 Å². The van der Waals surface area contributed by atoms with Crippen LogP contribution in [-0.4, -0.2) is 37.7 Å². The highest BCUT2D eigenvalue weighted by atomic mass is 16.1. The highest BCUT2D eigenvalue weighted by Gasteiger charge is 2.30. The highest BCUT2D eigenvalue weighted by Crippen LogP contribution is 2.40. The Bertz CT molecular complexity index is 1200. The maximum absolute atomic E-state index is 12.8. The van der Waals surface area contributed by atoms with Crippen molar-refractivity contribution < 1.29 is 4.79 Å². The van der Waals surface area contributed by atoms with Crippen molar-refractivity contribution in [3.63, 3.8) is 0 Å². The summed E-state index contributed by atoms with van der Waals surface area (Å²) in [5.74, 6) is 3.34. The van der Waals surface area contributed by atoms with Crippen LogP contribution in [0.3, 0.4) is 0 Å². The Hall–Kier alpha value is -3.26. The normalized spacial score (nSPS) is 21.8. The van der Waals surface area contributed by atoms with Gasteiger partial charge in [0.15, 0.2) is 5.82 Å². The van der Waals surface area contributed by atoms with Crippen LogP contribution in [0.25, 0.3) is 0 Å². The molecule has 3 aromatic rings. The van der Waals surface area contributed by atoms with E-state index in [0.29, 0.717) is 18.5 Å². The zero-order valence-corrected chi connectivity index (χ0v) is 20.9. The standard InChI is InChI=1S/C28H35N7O/c1-35-24(18-6-7-18)16-26(34-35)32-25-12-13-29-27(33-25)17-30-22-8-10-23(11-9-22)31-28(36)21-14-19-4-2-3-5-20(19)15-21/h2-5,12-13,16,18,21-23,30H,6-11,14-15,17H2,1H3,(H,31,36)(H,29,32,33,34). The Morgan fingerprint density at radius 1 is 0.972 bits per heavy atom. The number of rotatable bonds is 8. The van der Waals surface area contributed by atoms with E-state index in [-0.39, 0.29) is 17.9 Å². The van der Waals surface area contributed by atoms with Gasteiger partial charge in [0.05, 0.1) is 6.54 Å². The second kappa shape index (κ2) is 10.0. The first-order chi connectivity index (χ1) is 17.6. The molecule has 6 rings (SSSR count). The minimum Gasteiger partial charge on any atom is -0.353 e. The molecule has 8 nitrogen and oxygen atoms in total. The van der Waals surface area contributed by atoms with Gasteiger partial charge in [0, 0.05) is 48.9 Å². The van der Waals surface area contributed by atoms with Gasteiger partial charge in [0.1, 0.15) is 11.6 Å². The molecule has 3 N–H and O–H groups in total. The van der Waals surface area contributed by atoms with Crippen molar-refractivity contribution >= 4 is 17.5 Å². The number of nitrogens with zero attached hydrogens (tertiary/aromatic N) is 4. The average molecular weight is 486 g/mol. The molecule has 2 fully saturated rings. The van der Waals surface area contributed by atoms with Crippen LogP contribution in [-0.2, 0) is 31.2 Å². The second-order valence-electron chi connectivity index (χ2n) is 10.6. The molecule has 0 radical (unpaired) electrons. The summed E-state index contributed by atoms with van der Waals surface area (Å²) in [6.07, 6.45) is 10.2. The summed E-state index contributed by atoms with van der Waals surface area (Å²) in [5.41, 5.74) is 3.94. The van der Waals surface area contributed by atoms with Gasteiger partial charge >= 0.3 is 0 Å². The number of amides is 1. The predicted molar refractivity (Wildman–Crippen MR) is 139 cm³/mol. The van der Waals surface area contributed by atoms with Crippen LogP contribution < -0.4 is 16.0 Å². The van der Waals surface area contributed by atoms with E-state index in [4.69, 9.17) is 0 Å². The van der Waals surface area contributed by atoms with Crippen molar-refractivity contribution in [1.29, 1.82) is 0 Å². The number of aryl methyl sites for hydroxylation is 1. The molecule has 8 heteroatoms. The molecule has 0 aliphatic heterocycles. The summed E-state index contributed by atoms with van der Waals surface area (Å²) in [6, 6.07) is 13.1. The number of benzene rings is 1. The zero-order chi connectivity index (χ0) is 24.5. The van der Waals surface area contributed by atoms with Gasteiger partial charge in [-0.25, -0.2) is 9.97 Å². The van der Waals surface area contributed by atoms with Gasteiger partial charge in [0.25, 0.3) is 0 Å². The third-order valence-corrected chi connectivity index (χ3v) is 7.92. The van der Waals surface area contributed by atoms with Crippen LogP contribution in [0.2, 0.25) is 0 Å². The lowest BCUT2D eigenvalue weighted by Crippen LogP contribution is -2.44. The fourth-order valence-electron chi connectivity index (χ4n) is 5.73. The van der Waals surface area contributed by atoms with Gasteiger partial charge < -0.3 is 16.0 Å². The predicted octanol–water partition coefficient (Wildman–Crippen LogP) is 3.76. The van der Waals surface area contributed by atoms with E-state index in [1.807, 2.05) is 17.8 Å². The van der Waals surface area contributed by atoms with E-state index in [0.717, 1.165) is 56.0 Å². The Labute approximate surface area is 212 Å². The fraction of sp³-hybridized carbons (Fsp3) is 0.500. The van der Waals surface area contributed by atoms with E-state index in [1.165, 1.54) is 29.7 Å². The summed E-state index contributed by atoms with van der Waals surface area (Å²) in [4.78, 5) is 22.0. The van der Waals surface area contributed by atoms with Crippen LogP contribution >= 0.6 is 0 Å². The lowest BCUT2D eigenvalue weighted by atomic mass is 9.90. The lowest BCUT2D eigenvalue weighted by molar-refractivity contribution is -0.125. The van der Waals surface area contributed by atoms with Crippen molar-refractivity contribution in [3.05, 3.63) is 65.2 Å². The van der Waals surface area contributed by atoms with Gasteiger partial charge in [0.2, 0.25) is 5.91 Å². The topological polar surface area (TPSA) is 96.8 Å². The van der Waals surface area contributed by atoms with E-state index in [1.54, 1.807) is 6.20 Å². The number of carbonyl (C=O) groups excluding carboxylic acids is 1. The fourth-order valence-corrected chi connectivity index (χ4v) is 5.73. The second-order valence-corrected chi connectivity index (χ2v) is 10.6. The molecule has 3 aliphatic rings. The summed E-state index contributed by atoms with van der Waals surface area (Å²) in [5, 5.41) is 14.9. The molecule has 188 valence electrons. The quantitative estimate of drug-likeness (QED) is 0.450. The third kappa shape index (κ3) is 5.28. The van der Waals surface area contributed by atoms with Crippen LogP contribution in [0, 0.1) is 5.92 Å². The number of hydrogen-bond donors (Lipinski definition) is 3. The average Bonchev–Trinajstić information content (AvgIpc) is 3.53. The van der Waals surface area contributed by atoms with Crippen molar-refractivity contribution in [3.8, 4) is 0 Å². The molecular weight excluding hydrogens is 450 g/mol. The molecule has 1 amide bonds. The van der Waals surface area contributed by atoms with Gasteiger partial charge in [-0.1, -0.05) is 24.3 Å². The number of hydrogen-bond acceptors (Lipinski definition) is 6. The molecule has 36 heavy (non-hydrogen) atoms. The maximum Gasteiger partial charge on any atom is 0.223 e. The monoisotopic (exact) mass is 485 g/mol. The number of aromatic nitrogens is 4. The molecule has 2 aromatic heterocycles. The number of carbonyl (C=O) groups is 1. The van der Waals surface area contributed by atoms with E-state index >= 15 is 0 Å². The molecule has 0 bridgehead atoms. The minimum atomic E-state index is 0.0858. The first-order valence-electron chi connectivity index (χ1n) is 13.3. The third-order valence-electron chi connectivity index (χ3n) is 7.92. The van der Waals surface area contributed by atoms with Crippen molar-refractivity contribution in [1.82, 2.24) is 30.4 Å². The molecule has 0 spiro atoms. The van der Waals surface area contributed by atoms with E-state index in [2.05, 4.69) is 61.3 Å². The van der Waals surface area contributed by atoms with Crippen LogP contribution in [0.1, 0.15) is 67.1 Å². The minimum absolute atomic E-state index is 0.0858. The van der Waals surface area contributed by atoms with Gasteiger partial charge in [-0.3, -0.25) is 9.48 Å². The van der Waals surface area contributed by atoms with E-state index in [9.17, 15) is 4.79 Å². The number of nitrogens with one attached hydrogen (secondary N) is 3. The Morgan fingerprint density at radius 2 is 1.69 bits per heavy atom. The van der Waals surface area contributed by atoms with Gasteiger partial charge in [-0.15, -0.1) is 0 Å². The molecule has 2 heterocycles. The van der Waals surface area contributed by atoms with Gasteiger partial charge in [-0.05, 0) is 68.6 Å². The Kier molecular flexibility index (Phi) is 6.44. The van der Waals surface area contributed by atoms with Crippen molar-refractivity contribution in [2.75, 3.05) is 5.32 Å². The molecule has 0 atom stereocenters. The zero-order valence-electron chi connectivity index (χ0n) is 20.9. The smallest absolute Gasteiger partial charge is 0.223 e. The molecular formula is C28H35N7O. The maximum atomic E-state index is 12.8. The lowest BCUT2D eigenvalue weighted by Gasteiger charge is -2.30. The van der Waals surface area contributed by atoms with Crippen LogP contribution in [0.15, 0.2) is 42.6 Å². The molecule has 3 aliphatic carbocycles. The van der Waals surface area contributed by atoms with Crippen molar-refractivity contribution in [2.45, 2.75) is 75.9 Å². The summed E-state index contributed by atoms with van der Waals surface area (Å²) in [6.45, 7) is 0.632. The van der Waals surface area contributed by atoms with Crippen LogP contribution in [0.5, 0.6) is 0 Å². The molecule has 0 saturated heterocycles. The van der Waals surface area contributed by atoms with Gasteiger partial charge in [-0.2, -0.15) is 5.10 Å². The number of fused-ring (bicyclic) bond motifs is 1. The Morgan fingerprint density at radius 3 is 2.42 bits per heavy atom. The van der Waals surface area contributed by atoms with Crippen molar-refractivity contribution in [2.24, 2.45) is 13.0 Å². The SMILES string of the molecule is Cn1nc(Nc2ccnc(CNC3CCC(NC(=O)C4Cc5ccccc5C4)CC3)n2)cc1C1CC1. The Balaban J connectivity index is 0.948. The summed E-state index contributed by atoms with van der Waals surface area (Å²) in [7, 11) is 2.00. The summed E-state index contributed by atoms with van der Waals surface area (Å²) < 4.78 is 1.97. The van der Waals surface area contributed by atoms with Crippen LogP contribution in [0.4, 0.5) is 11.6 Å². The largest absolute Gasteiger partial charge is 0.353 e. The molecule has 2 saturated carbocycles. The number of anilines is 2.